The molecule has 0 heterocycles. The Balaban J connectivity index is 2.24. The second-order valence-corrected chi connectivity index (χ2v) is 3.67. The van der Waals surface area contributed by atoms with Crippen molar-refractivity contribution in [3.05, 3.63) is 12.2 Å². The van der Waals surface area contributed by atoms with Crippen molar-refractivity contribution in [3.8, 4) is 0 Å². The fourth-order valence-electron chi connectivity index (χ4n) is 1.88. The topological polar surface area (TPSA) is 69.6 Å². The van der Waals surface area contributed by atoms with Crippen molar-refractivity contribution in [1.29, 1.82) is 0 Å². The second-order valence-electron chi connectivity index (χ2n) is 3.67. The number of hydrogen-bond donors (Lipinski definition) is 3. The maximum Gasteiger partial charge on any atom is 0.404 e. The third-order valence-corrected chi connectivity index (χ3v) is 2.61. The van der Waals surface area contributed by atoms with Gasteiger partial charge >= 0.3 is 6.09 Å². The molecule has 0 aliphatic heterocycles. The first-order valence-corrected chi connectivity index (χ1v) is 4.99. The molecule has 1 fully saturated rings. The Labute approximate surface area is 83.6 Å². The van der Waals surface area contributed by atoms with Crippen LogP contribution in [0.1, 0.15) is 25.7 Å². The molecule has 0 atom stereocenters. The number of allylic oxidation sites excluding steroid dienone is 1. The summed E-state index contributed by atoms with van der Waals surface area (Å²) in [7, 11) is 0. The van der Waals surface area contributed by atoms with Crippen molar-refractivity contribution in [2.24, 2.45) is 5.92 Å². The van der Waals surface area contributed by atoms with Crippen molar-refractivity contribution < 1.29 is 15.0 Å². The minimum Gasteiger partial charge on any atom is -0.465 e. The Morgan fingerprint density at radius 2 is 2.00 bits per heavy atom. The highest BCUT2D eigenvalue weighted by molar-refractivity contribution is 5.64. The summed E-state index contributed by atoms with van der Waals surface area (Å²) >= 11 is 0. The third-order valence-electron chi connectivity index (χ3n) is 2.61. The fourth-order valence-corrected chi connectivity index (χ4v) is 1.88. The number of amides is 1. The van der Waals surface area contributed by atoms with Gasteiger partial charge in [0.1, 0.15) is 0 Å². The molecule has 4 nitrogen and oxygen atoms in total. The average molecular weight is 199 g/mol. The van der Waals surface area contributed by atoms with E-state index in [1.54, 1.807) is 6.08 Å². The predicted octanol–water partition coefficient (Wildman–Crippen LogP) is 1.36. The van der Waals surface area contributed by atoms with Gasteiger partial charge in [0.25, 0.3) is 0 Å². The molecular weight excluding hydrogens is 182 g/mol. The SMILES string of the molecule is O=C(O)NC1CCC(/C=C/CO)CC1. The first-order valence-electron chi connectivity index (χ1n) is 4.99. The Morgan fingerprint density at radius 1 is 1.36 bits per heavy atom. The zero-order chi connectivity index (χ0) is 10.4. The van der Waals surface area contributed by atoms with Crippen LogP contribution in [-0.4, -0.2) is 29.0 Å². The van der Waals surface area contributed by atoms with E-state index in [-0.39, 0.29) is 12.6 Å². The average Bonchev–Trinajstić information content (AvgIpc) is 2.16. The number of nitrogens with one attached hydrogen (secondary N) is 1. The van der Waals surface area contributed by atoms with Gasteiger partial charge in [-0.2, -0.15) is 0 Å². The number of aliphatic hydroxyl groups is 1. The second kappa shape index (κ2) is 5.65. The standard InChI is InChI=1S/C10H17NO3/c12-7-1-2-8-3-5-9(6-4-8)11-10(13)14/h1-2,8-9,11-12H,3-7H2,(H,13,14)/b2-1+. The highest BCUT2D eigenvalue weighted by Crippen LogP contribution is 2.25. The van der Waals surface area contributed by atoms with Crippen molar-refractivity contribution in [2.75, 3.05) is 6.61 Å². The summed E-state index contributed by atoms with van der Waals surface area (Å²) in [5, 5.41) is 19.6. The molecule has 0 saturated heterocycles. The van der Waals surface area contributed by atoms with Gasteiger partial charge < -0.3 is 15.5 Å². The van der Waals surface area contributed by atoms with Gasteiger partial charge in [-0.15, -0.1) is 0 Å². The highest BCUT2D eigenvalue weighted by atomic mass is 16.4. The zero-order valence-electron chi connectivity index (χ0n) is 8.15. The molecule has 0 aromatic heterocycles. The Bertz CT molecular complexity index is 207. The summed E-state index contributed by atoms with van der Waals surface area (Å²) in [6.45, 7) is 0.0906. The Hall–Kier alpha value is -1.03. The number of aliphatic hydroxyl groups excluding tert-OH is 1. The molecule has 1 saturated carbocycles. The molecule has 0 spiro atoms. The van der Waals surface area contributed by atoms with Crippen LogP contribution in [0, 0.1) is 5.92 Å². The van der Waals surface area contributed by atoms with Crippen LogP contribution < -0.4 is 5.32 Å². The van der Waals surface area contributed by atoms with Gasteiger partial charge in [0.2, 0.25) is 0 Å². The van der Waals surface area contributed by atoms with Gasteiger partial charge in [-0.25, -0.2) is 4.79 Å². The Kier molecular flexibility index (Phi) is 4.46. The first-order chi connectivity index (χ1) is 6.72. The van der Waals surface area contributed by atoms with Crippen LogP contribution in [0.15, 0.2) is 12.2 Å². The van der Waals surface area contributed by atoms with Gasteiger partial charge in [-0.05, 0) is 31.6 Å². The van der Waals surface area contributed by atoms with E-state index in [0.717, 1.165) is 25.7 Å². The summed E-state index contributed by atoms with van der Waals surface area (Å²) in [4.78, 5) is 10.4. The van der Waals surface area contributed by atoms with Gasteiger partial charge in [0, 0.05) is 6.04 Å². The molecule has 80 valence electrons. The van der Waals surface area contributed by atoms with Crippen LogP contribution in [0.5, 0.6) is 0 Å². The lowest BCUT2D eigenvalue weighted by molar-refractivity contribution is 0.184. The van der Waals surface area contributed by atoms with Gasteiger partial charge in [0.05, 0.1) is 6.61 Å². The minimum absolute atomic E-state index is 0.0906. The molecule has 1 rings (SSSR count). The predicted molar refractivity (Wildman–Crippen MR) is 53.1 cm³/mol. The summed E-state index contributed by atoms with van der Waals surface area (Å²) in [5.74, 6) is 0.508. The van der Waals surface area contributed by atoms with Gasteiger partial charge in [0.15, 0.2) is 0 Å². The normalized spacial score (nSPS) is 27.8. The molecule has 1 amide bonds. The van der Waals surface area contributed by atoms with Crippen molar-refractivity contribution in [1.82, 2.24) is 5.32 Å². The first kappa shape index (κ1) is 11.0. The third kappa shape index (κ3) is 3.79. The summed E-state index contributed by atoms with van der Waals surface area (Å²) < 4.78 is 0. The molecule has 14 heavy (non-hydrogen) atoms. The number of carbonyl (C=O) groups is 1. The summed E-state index contributed by atoms with van der Waals surface area (Å²) in [6.07, 6.45) is 6.65. The van der Waals surface area contributed by atoms with Crippen molar-refractivity contribution >= 4 is 6.09 Å². The number of rotatable bonds is 3. The lowest BCUT2D eigenvalue weighted by Gasteiger charge is -2.26. The van der Waals surface area contributed by atoms with E-state index in [0.29, 0.717) is 5.92 Å². The minimum atomic E-state index is -0.931. The smallest absolute Gasteiger partial charge is 0.404 e. The van der Waals surface area contributed by atoms with E-state index in [4.69, 9.17) is 10.2 Å². The van der Waals surface area contributed by atoms with E-state index in [1.807, 2.05) is 6.08 Å². The molecular formula is C10H17NO3. The quantitative estimate of drug-likeness (QED) is 0.601. The van der Waals surface area contributed by atoms with Crippen LogP contribution in [-0.2, 0) is 0 Å². The summed E-state index contributed by atoms with van der Waals surface area (Å²) in [6, 6.07) is 0.117. The van der Waals surface area contributed by atoms with Crippen LogP contribution in [0.25, 0.3) is 0 Å². The molecule has 3 N–H and O–H groups in total. The molecule has 0 aromatic rings. The van der Waals surface area contributed by atoms with Gasteiger partial charge in [-0.3, -0.25) is 0 Å². The van der Waals surface area contributed by atoms with Crippen LogP contribution in [0.3, 0.4) is 0 Å². The fraction of sp³-hybridized carbons (Fsp3) is 0.700. The number of hydrogen-bond acceptors (Lipinski definition) is 2. The lowest BCUT2D eigenvalue weighted by atomic mass is 9.86. The van der Waals surface area contributed by atoms with E-state index in [1.165, 1.54) is 0 Å². The van der Waals surface area contributed by atoms with E-state index < -0.39 is 6.09 Å². The Morgan fingerprint density at radius 3 is 2.50 bits per heavy atom. The lowest BCUT2D eigenvalue weighted by Crippen LogP contribution is -2.36. The monoisotopic (exact) mass is 199 g/mol. The maximum atomic E-state index is 10.4. The highest BCUT2D eigenvalue weighted by Gasteiger charge is 2.20. The number of carboxylic acid groups (broad SMARTS) is 1. The molecule has 0 radical (unpaired) electrons. The van der Waals surface area contributed by atoms with Gasteiger partial charge in [-0.1, -0.05) is 12.2 Å². The van der Waals surface area contributed by atoms with E-state index >= 15 is 0 Å². The largest absolute Gasteiger partial charge is 0.465 e. The molecule has 0 bridgehead atoms. The van der Waals surface area contributed by atoms with Crippen LogP contribution in [0.2, 0.25) is 0 Å². The molecule has 4 heteroatoms. The van der Waals surface area contributed by atoms with Crippen LogP contribution in [0.4, 0.5) is 4.79 Å². The van der Waals surface area contributed by atoms with Crippen molar-refractivity contribution in [3.63, 3.8) is 0 Å². The maximum absolute atomic E-state index is 10.4. The van der Waals surface area contributed by atoms with Crippen LogP contribution >= 0.6 is 0 Å². The molecule has 0 unspecified atom stereocenters. The van der Waals surface area contributed by atoms with Crippen molar-refractivity contribution in [2.45, 2.75) is 31.7 Å². The van der Waals surface area contributed by atoms with E-state index in [9.17, 15) is 4.79 Å². The molecule has 1 aliphatic carbocycles. The zero-order valence-corrected chi connectivity index (χ0v) is 8.15. The molecule has 1 aliphatic rings. The molecule has 0 aromatic carbocycles. The van der Waals surface area contributed by atoms with E-state index in [2.05, 4.69) is 5.32 Å². The summed E-state index contributed by atoms with van der Waals surface area (Å²) in [5.41, 5.74) is 0.